The molecule has 0 aliphatic heterocycles. The third-order valence-corrected chi connectivity index (χ3v) is 9.18. The Morgan fingerprint density at radius 1 is 0.519 bits per heavy atom. The van der Waals surface area contributed by atoms with E-state index in [4.69, 9.17) is 0 Å². The highest BCUT2D eigenvalue weighted by atomic mass is 35.5. The molecule has 27 heavy (non-hydrogen) atoms. The van der Waals surface area contributed by atoms with Gasteiger partial charge in [-0.3, -0.25) is 0 Å². The first-order valence-corrected chi connectivity index (χ1v) is 12.1. The molecule has 8 bridgehead atoms. The van der Waals surface area contributed by atoms with Crippen molar-refractivity contribution in [3.63, 3.8) is 0 Å². The Balaban J connectivity index is 0.000000129. The van der Waals surface area contributed by atoms with Gasteiger partial charge in [-0.25, -0.2) is 0 Å². The molecule has 0 aromatic carbocycles. The summed E-state index contributed by atoms with van der Waals surface area (Å²) in [6, 6.07) is 0. The Bertz CT molecular complexity index is 400. The van der Waals surface area contributed by atoms with Crippen molar-refractivity contribution < 1.29 is 0 Å². The first-order valence-electron chi connectivity index (χ1n) is 12.1. The Morgan fingerprint density at radius 2 is 0.741 bits per heavy atom. The summed E-state index contributed by atoms with van der Waals surface area (Å²) in [5.74, 6) is 6.53. The maximum atomic E-state index is 3.79. The van der Waals surface area contributed by atoms with Crippen LogP contribution in [0.5, 0.6) is 0 Å². The van der Waals surface area contributed by atoms with Crippen molar-refractivity contribution in [3.8, 4) is 0 Å². The SMILES string of the molecule is CCNC12CC3CC(CC(C3)C1)C2.CCNC12CC3CC(CC(C3)C1)C2.Cl. The predicted molar refractivity (Wildman–Crippen MR) is 116 cm³/mol. The van der Waals surface area contributed by atoms with E-state index in [-0.39, 0.29) is 12.4 Å². The van der Waals surface area contributed by atoms with Crippen LogP contribution in [-0.4, -0.2) is 24.2 Å². The van der Waals surface area contributed by atoms with Gasteiger partial charge in [0.25, 0.3) is 0 Å². The Kier molecular flexibility index (Phi) is 5.92. The topological polar surface area (TPSA) is 24.1 Å². The van der Waals surface area contributed by atoms with E-state index in [1.54, 1.807) is 38.5 Å². The second-order valence-corrected chi connectivity index (χ2v) is 11.5. The van der Waals surface area contributed by atoms with E-state index in [0.29, 0.717) is 11.1 Å². The standard InChI is InChI=1S/2C12H21N.ClH/c2*1-2-13-12-6-9-3-10(7-12)5-11(4-9)8-12;/h2*9-11,13H,2-8H2,1H3;1H. The zero-order valence-electron chi connectivity index (χ0n) is 17.8. The van der Waals surface area contributed by atoms with Gasteiger partial charge in [-0.2, -0.15) is 0 Å². The molecule has 0 aromatic heterocycles. The molecule has 0 saturated heterocycles. The van der Waals surface area contributed by atoms with E-state index < -0.39 is 0 Å². The van der Waals surface area contributed by atoms with Crippen LogP contribution in [0.15, 0.2) is 0 Å². The second kappa shape index (κ2) is 7.80. The minimum atomic E-state index is 0. The fourth-order valence-corrected chi connectivity index (χ4v) is 9.40. The van der Waals surface area contributed by atoms with E-state index in [0.717, 1.165) is 35.5 Å². The van der Waals surface area contributed by atoms with Crippen LogP contribution in [-0.2, 0) is 0 Å². The van der Waals surface area contributed by atoms with E-state index in [9.17, 15) is 0 Å². The van der Waals surface area contributed by atoms with Gasteiger partial charge in [0.2, 0.25) is 0 Å². The molecule has 8 rings (SSSR count). The molecule has 0 unspecified atom stereocenters. The normalized spacial score (nSPS) is 50.9. The molecule has 3 heteroatoms. The van der Waals surface area contributed by atoms with E-state index in [1.165, 1.54) is 51.6 Å². The summed E-state index contributed by atoms with van der Waals surface area (Å²) in [4.78, 5) is 0. The van der Waals surface area contributed by atoms with Gasteiger partial charge >= 0.3 is 0 Å². The monoisotopic (exact) mass is 394 g/mol. The quantitative estimate of drug-likeness (QED) is 0.652. The maximum absolute atomic E-state index is 3.79. The zero-order chi connectivity index (χ0) is 17.8. The molecular weight excluding hydrogens is 352 g/mol. The Morgan fingerprint density at radius 3 is 0.926 bits per heavy atom. The van der Waals surface area contributed by atoms with Crippen molar-refractivity contribution in [1.82, 2.24) is 10.6 Å². The molecule has 8 fully saturated rings. The summed E-state index contributed by atoms with van der Waals surface area (Å²) in [6.07, 6.45) is 18.3. The number of nitrogens with one attached hydrogen (secondary N) is 2. The molecule has 2 nitrogen and oxygen atoms in total. The van der Waals surface area contributed by atoms with Gasteiger partial charge in [-0.1, -0.05) is 13.8 Å². The van der Waals surface area contributed by atoms with E-state index in [2.05, 4.69) is 24.5 Å². The van der Waals surface area contributed by atoms with E-state index >= 15 is 0 Å². The summed E-state index contributed by atoms with van der Waals surface area (Å²) >= 11 is 0. The molecule has 0 atom stereocenters. The molecule has 0 amide bonds. The Hall–Kier alpha value is 0.210. The lowest BCUT2D eigenvalue weighted by Gasteiger charge is -2.57. The molecule has 8 aliphatic carbocycles. The zero-order valence-corrected chi connectivity index (χ0v) is 18.6. The predicted octanol–water partition coefficient (Wildman–Crippen LogP) is 5.55. The van der Waals surface area contributed by atoms with Gasteiger partial charge in [0.15, 0.2) is 0 Å². The molecule has 8 aliphatic rings. The largest absolute Gasteiger partial charge is 0.311 e. The van der Waals surface area contributed by atoms with E-state index in [1.807, 2.05) is 0 Å². The van der Waals surface area contributed by atoms with Gasteiger partial charge in [0.1, 0.15) is 0 Å². The molecule has 2 N–H and O–H groups in total. The molecule has 0 heterocycles. The molecule has 0 aromatic rings. The summed E-state index contributed by atoms with van der Waals surface area (Å²) in [5.41, 5.74) is 1.20. The maximum Gasteiger partial charge on any atom is 0.0189 e. The van der Waals surface area contributed by atoms with Gasteiger partial charge < -0.3 is 10.6 Å². The number of hydrogen-bond donors (Lipinski definition) is 2. The van der Waals surface area contributed by atoms with Crippen LogP contribution < -0.4 is 10.6 Å². The average Bonchev–Trinajstić information content (AvgIpc) is 2.52. The van der Waals surface area contributed by atoms with Crippen molar-refractivity contribution in [2.45, 2.75) is 102 Å². The van der Waals surface area contributed by atoms with Gasteiger partial charge in [-0.05, 0) is 126 Å². The van der Waals surface area contributed by atoms with Crippen LogP contribution in [0.4, 0.5) is 0 Å². The first kappa shape index (κ1) is 20.5. The minimum absolute atomic E-state index is 0. The molecule has 8 saturated carbocycles. The van der Waals surface area contributed by atoms with Crippen molar-refractivity contribution in [2.24, 2.45) is 35.5 Å². The van der Waals surface area contributed by atoms with Crippen LogP contribution in [0.2, 0.25) is 0 Å². The third-order valence-electron chi connectivity index (χ3n) is 9.18. The molecule has 0 spiro atoms. The highest BCUT2D eigenvalue weighted by molar-refractivity contribution is 5.85. The number of rotatable bonds is 4. The van der Waals surface area contributed by atoms with Crippen LogP contribution in [0.3, 0.4) is 0 Å². The Labute approximate surface area is 173 Å². The molecular formula is C24H43ClN2. The smallest absolute Gasteiger partial charge is 0.0189 e. The average molecular weight is 395 g/mol. The lowest BCUT2D eigenvalue weighted by Crippen LogP contribution is -2.58. The lowest BCUT2D eigenvalue weighted by molar-refractivity contribution is -0.0189. The summed E-state index contributed by atoms with van der Waals surface area (Å²) in [5, 5.41) is 7.58. The van der Waals surface area contributed by atoms with Crippen LogP contribution in [0.1, 0.15) is 90.9 Å². The second-order valence-electron chi connectivity index (χ2n) is 11.5. The van der Waals surface area contributed by atoms with Crippen LogP contribution >= 0.6 is 12.4 Å². The van der Waals surface area contributed by atoms with Gasteiger partial charge in [0.05, 0.1) is 0 Å². The van der Waals surface area contributed by atoms with Crippen molar-refractivity contribution in [1.29, 1.82) is 0 Å². The highest BCUT2D eigenvalue weighted by Crippen LogP contribution is 2.56. The van der Waals surface area contributed by atoms with Crippen molar-refractivity contribution in [2.75, 3.05) is 13.1 Å². The minimum Gasteiger partial charge on any atom is -0.311 e. The highest BCUT2D eigenvalue weighted by Gasteiger charge is 2.51. The fourth-order valence-electron chi connectivity index (χ4n) is 9.40. The lowest BCUT2D eigenvalue weighted by atomic mass is 9.53. The molecule has 0 radical (unpaired) electrons. The number of halogens is 1. The first-order chi connectivity index (χ1) is 12.6. The summed E-state index contributed by atoms with van der Waals surface area (Å²) in [6.45, 7) is 6.87. The third kappa shape index (κ3) is 3.97. The van der Waals surface area contributed by atoms with Crippen molar-refractivity contribution >= 4 is 12.4 Å². The summed E-state index contributed by atoms with van der Waals surface area (Å²) < 4.78 is 0. The van der Waals surface area contributed by atoms with Crippen LogP contribution in [0.25, 0.3) is 0 Å². The fraction of sp³-hybridized carbons (Fsp3) is 1.00. The van der Waals surface area contributed by atoms with Gasteiger partial charge in [0, 0.05) is 11.1 Å². The summed E-state index contributed by atoms with van der Waals surface area (Å²) in [7, 11) is 0. The number of hydrogen-bond acceptors (Lipinski definition) is 2. The molecule has 156 valence electrons. The van der Waals surface area contributed by atoms with Gasteiger partial charge in [-0.15, -0.1) is 12.4 Å². The van der Waals surface area contributed by atoms with Crippen LogP contribution in [0, 0.1) is 35.5 Å². The van der Waals surface area contributed by atoms with Crippen molar-refractivity contribution in [3.05, 3.63) is 0 Å².